The zero-order valence-corrected chi connectivity index (χ0v) is 16.2. The Kier molecular flexibility index (Phi) is 6.07. The SMILES string of the molecule is O=C(Nc1cccc(OCc2ccccn2)c1)N1CCCC(N2CCCC2)C1. The third-order valence-electron chi connectivity index (χ3n) is 5.54. The number of piperidine rings is 1. The number of hydrogen-bond donors (Lipinski definition) is 1. The lowest BCUT2D eigenvalue weighted by Crippen LogP contribution is -2.50. The number of ether oxygens (including phenoxy) is 1. The van der Waals surface area contributed by atoms with E-state index in [0.29, 0.717) is 12.6 Å². The molecule has 1 aromatic carbocycles. The molecule has 0 bridgehead atoms. The number of rotatable bonds is 5. The van der Waals surface area contributed by atoms with Gasteiger partial charge in [-0.2, -0.15) is 0 Å². The summed E-state index contributed by atoms with van der Waals surface area (Å²) in [7, 11) is 0. The molecular weight excluding hydrogens is 352 g/mol. The Morgan fingerprint density at radius 3 is 2.82 bits per heavy atom. The first-order valence-corrected chi connectivity index (χ1v) is 10.2. The monoisotopic (exact) mass is 380 g/mol. The predicted octanol–water partition coefficient (Wildman–Crippen LogP) is 3.75. The summed E-state index contributed by atoms with van der Waals surface area (Å²) in [6.45, 7) is 4.40. The van der Waals surface area contributed by atoms with Gasteiger partial charge in [0.1, 0.15) is 12.4 Å². The topological polar surface area (TPSA) is 57.7 Å². The van der Waals surface area contributed by atoms with E-state index in [2.05, 4.69) is 15.2 Å². The lowest BCUT2D eigenvalue weighted by Gasteiger charge is -2.37. The summed E-state index contributed by atoms with van der Waals surface area (Å²) in [6, 6.07) is 13.8. The van der Waals surface area contributed by atoms with Crippen LogP contribution < -0.4 is 10.1 Å². The van der Waals surface area contributed by atoms with Gasteiger partial charge >= 0.3 is 6.03 Å². The van der Waals surface area contributed by atoms with Crippen molar-refractivity contribution < 1.29 is 9.53 Å². The smallest absolute Gasteiger partial charge is 0.321 e. The van der Waals surface area contributed by atoms with Crippen LogP contribution in [-0.4, -0.2) is 53.0 Å². The summed E-state index contributed by atoms with van der Waals surface area (Å²) in [5.74, 6) is 0.719. The fraction of sp³-hybridized carbons (Fsp3) is 0.455. The van der Waals surface area contributed by atoms with Crippen LogP contribution in [0.15, 0.2) is 48.7 Å². The van der Waals surface area contributed by atoms with Gasteiger partial charge in [0, 0.05) is 37.1 Å². The summed E-state index contributed by atoms with van der Waals surface area (Å²) < 4.78 is 5.81. The molecule has 2 saturated heterocycles. The number of benzene rings is 1. The normalized spacial score (nSPS) is 20.1. The number of urea groups is 1. The van der Waals surface area contributed by atoms with Crippen molar-refractivity contribution >= 4 is 11.7 Å². The van der Waals surface area contributed by atoms with E-state index in [9.17, 15) is 4.79 Å². The molecule has 28 heavy (non-hydrogen) atoms. The van der Waals surface area contributed by atoms with Gasteiger partial charge in [-0.05, 0) is 63.0 Å². The van der Waals surface area contributed by atoms with E-state index in [0.717, 1.165) is 36.6 Å². The minimum atomic E-state index is -0.0224. The molecule has 2 amide bonds. The number of nitrogens with one attached hydrogen (secondary N) is 1. The average Bonchev–Trinajstić information content (AvgIpc) is 3.28. The zero-order valence-electron chi connectivity index (χ0n) is 16.2. The van der Waals surface area contributed by atoms with E-state index in [1.165, 1.54) is 32.4 Å². The average molecular weight is 380 g/mol. The Balaban J connectivity index is 1.32. The number of amides is 2. The van der Waals surface area contributed by atoms with E-state index in [4.69, 9.17) is 4.74 Å². The highest BCUT2D eigenvalue weighted by Gasteiger charge is 2.29. The van der Waals surface area contributed by atoms with E-state index in [1.807, 2.05) is 47.4 Å². The van der Waals surface area contributed by atoms with E-state index in [-0.39, 0.29) is 6.03 Å². The third-order valence-corrected chi connectivity index (χ3v) is 5.54. The maximum Gasteiger partial charge on any atom is 0.321 e. The van der Waals surface area contributed by atoms with Crippen molar-refractivity contribution in [3.8, 4) is 5.75 Å². The zero-order chi connectivity index (χ0) is 19.2. The fourth-order valence-corrected chi connectivity index (χ4v) is 4.05. The first kappa shape index (κ1) is 18.7. The standard InChI is InChI=1S/C22H28N4O2/c27-22(26-14-6-9-20(16-26)25-12-3-4-13-25)24-18-8-5-10-21(15-18)28-17-19-7-1-2-11-23-19/h1-2,5,7-8,10-11,15,20H,3-4,6,9,12-14,16-17H2,(H,24,27). The molecule has 2 fully saturated rings. The number of hydrogen-bond acceptors (Lipinski definition) is 4. The van der Waals surface area contributed by atoms with Gasteiger partial charge in [-0.1, -0.05) is 12.1 Å². The highest BCUT2D eigenvalue weighted by atomic mass is 16.5. The van der Waals surface area contributed by atoms with E-state index < -0.39 is 0 Å². The highest BCUT2D eigenvalue weighted by molar-refractivity contribution is 5.89. The Labute approximate surface area is 166 Å². The van der Waals surface area contributed by atoms with Crippen LogP contribution in [0, 0.1) is 0 Å². The summed E-state index contributed by atoms with van der Waals surface area (Å²) in [5, 5.41) is 3.03. The van der Waals surface area contributed by atoms with Gasteiger partial charge in [0.05, 0.1) is 5.69 Å². The number of likely N-dealkylation sites (tertiary alicyclic amines) is 2. The molecule has 2 aliphatic heterocycles. The number of nitrogens with zero attached hydrogens (tertiary/aromatic N) is 3. The van der Waals surface area contributed by atoms with Crippen molar-refractivity contribution in [3.05, 3.63) is 54.4 Å². The fourth-order valence-electron chi connectivity index (χ4n) is 4.05. The molecular formula is C22H28N4O2. The van der Waals surface area contributed by atoms with Crippen molar-refractivity contribution in [3.63, 3.8) is 0 Å². The molecule has 6 nitrogen and oxygen atoms in total. The Bertz CT molecular complexity index is 777. The Morgan fingerprint density at radius 2 is 2.00 bits per heavy atom. The lowest BCUT2D eigenvalue weighted by atomic mass is 10.0. The second-order valence-corrected chi connectivity index (χ2v) is 7.55. The van der Waals surface area contributed by atoms with Gasteiger partial charge in [0.2, 0.25) is 0 Å². The Hall–Kier alpha value is -2.60. The van der Waals surface area contributed by atoms with Crippen molar-refractivity contribution in [1.82, 2.24) is 14.8 Å². The maximum absolute atomic E-state index is 12.8. The third kappa shape index (κ3) is 4.81. The molecule has 2 aliphatic rings. The van der Waals surface area contributed by atoms with Crippen LogP contribution in [0.25, 0.3) is 0 Å². The minimum Gasteiger partial charge on any atom is -0.487 e. The second-order valence-electron chi connectivity index (χ2n) is 7.55. The van der Waals surface area contributed by atoms with Gasteiger partial charge < -0.3 is 15.0 Å². The van der Waals surface area contributed by atoms with E-state index >= 15 is 0 Å². The van der Waals surface area contributed by atoms with Gasteiger partial charge in [0.25, 0.3) is 0 Å². The minimum absolute atomic E-state index is 0.0224. The highest BCUT2D eigenvalue weighted by Crippen LogP contribution is 2.22. The molecule has 0 radical (unpaired) electrons. The molecule has 0 aliphatic carbocycles. The second kappa shape index (κ2) is 9.06. The van der Waals surface area contributed by atoms with E-state index in [1.54, 1.807) is 6.20 Å². The van der Waals surface area contributed by atoms with Crippen LogP contribution in [0.3, 0.4) is 0 Å². The maximum atomic E-state index is 12.8. The van der Waals surface area contributed by atoms with Gasteiger partial charge in [-0.3, -0.25) is 9.88 Å². The van der Waals surface area contributed by atoms with Gasteiger partial charge in [-0.25, -0.2) is 4.79 Å². The molecule has 3 heterocycles. The van der Waals surface area contributed by atoms with Crippen molar-refractivity contribution in [2.24, 2.45) is 0 Å². The number of carbonyl (C=O) groups is 1. The summed E-state index contributed by atoms with van der Waals surface area (Å²) in [5.41, 5.74) is 1.63. The molecule has 1 unspecified atom stereocenters. The van der Waals surface area contributed by atoms with Crippen LogP contribution in [-0.2, 0) is 6.61 Å². The number of pyridine rings is 1. The lowest BCUT2D eigenvalue weighted by molar-refractivity contribution is 0.132. The molecule has 1 aromatic heterocycles. The number of aromatic nitrogens is 1. The van der Waals surface area contributed by atoms with Crippen LogP contribution in [0.5, 0.6) is 5.75 Å². The summed E-state index contributed by atoms with van der Waals surface area (Å²) in [6.07, 6.45) is 6.59. The molecule has 1 N–H and O–H groups in total. The molecule has 0 spiro atoms. The molecule has 148 valence electrons. The number of anilines is 1. The van der Waals surface area contributed by atoms with Crippen LogP contribution in [0.4, 0.5) is 10.5 Å². The van der Waals surface area contributed by atoms with Gasteiger partial charge in [0.15, 0.2) is 0 Å². The molecule has 2 aromatic rings. The van der Waals surface area contributed by atoms with Crippen LogP contribution in [0.1, 0.15) is 31.4 Å². The first-order valence-electron chi connectivity index (χ1n) is 10.2. The van der Waals surface area contributed by atoms with Crippen molar-refractivity contribution in [2.45, 2.75) is 38.3 Å². The van der Waals surface area contributed by atoms with Crippen molar-refractivity contribution in [1.29, 1.82) is 0 Å². The summed E-state index contributed by atoms with van der Waals surface area (Å²) >= 11 is 0. The molecule has 4 rings (SSSR count). The molecule has 0 saturated carbocycles. The first-order chi connectivity index (χ1) is 13.8. The number of carbonyl (C=O) groups excluding carboxylic acids is 1. The molecule has 1 atom stereocenters. The largest absolute Gasteiger partial charge is 0.487 e. The quantitative estimate of drug-likeness (QED) is 0.858. The summed E-state index contributed by atoms with van der Waals surface area (Å²) in [4.78, 5) is 21.5. The Morgan fingerprint density at radius 1 is 1.11 bits per heavy atom. The molecule has 6 heteroatoms. The predicted molar refractivity (Wildman–Crippen MR) is 109 cm³/mol. The van der Waals surface area contributed by atoms with Crippen LogP contribution >= 0.6 is 0 Å². The van der Waals surface area contributed by atoms with Gasteiger partial charge in [-0.15, -0.1) is 0 Å². The van der Waals surface area contributed by atoms with Crippen LogP contribution in [0.2, 0.25) is 0 Å². The van der Waals surface area contributed by atoms with Crippen molar-refractivity contribution in [2.75, 3.05) is 31.5 Å².